The number of nitrogens with zero attached hydrogens (tertiary/aromatic N) is 4. The zero-order chi connectivity index (χ0) is 11.7. The largest absolute Gasteiger partial charge is 0.481 e. The summed E-state index contributed by atoms with van der Waals surface area (Å²) in [5.41, 5.74) is 3.41. The van der Waals surface area contributed by atoms with Crippen LogP contribution in [-0.2, 0) is 11.2 Å². The summed E-state index contributed by atoms with van der Waals surface area (Å²) in [5, 5.41) is 20.7. The Morgan fingerprint density at radius 1 is 1.50 bits per heavy atom. The van der Waals surface area contributed by atoms with E-state index in [1.54, 1.807) is 4.52 Å². The molecule has 0 saturated carbocycles. The minimum atomic E-state index is -0.805. The molecule has 2 heterocycles. The summed E-state index contributed by atoms with van der Waals surface area (Å²) in [4.78, 5) is 10.6. The van der Waals surface area contributed by atoms with E-state index in [1.807, 2.05) is 13.8 Å². The van der Waals surface area contributed by atoms with Crippen LogP contribution in [0.25, 0.3) is 5.65 Å². The maximum Gasteiger partial charge on any atom is 0.303 e. The molecule has 0 aromatic carbocycles. The monoisotopic (exact) mass is 220 g/mol. The number of hydrogen-bond donors (Lipinski definition) is 1. The van der Waals surface area contributed by atoms with Crippen molar-refractivity contribution in [2.24, 2.45) is 0 Å². The first-order chi connectivity index (χ1) is 7.59. The van der Waals surface area contributed by atoms with Gasteiger partial charge in [0.15, 0.2) is 5.65 Å². The summed E-state index contributed by atoms with van der Waals surface area (Å²) in [6, 6.07) is 0. The van der Waals surface area contributed by atoms with Gasteiger partial charge in [-0.15, -0.1) is 10.2 Å². The topological polar surface area (TPSA) is 80.4 Å². The van der Waals surface area contributed by atoms with Gasteiger partial charge in [0.05, 0.1) is 5.69 Å². The number of hydrogen-bond acceptors (Lipinski definition) is 4. The molecular weight excluding hydrogens is 208 g/mol. The van der Waals surface area contributed by atoms with Gasteiger partial charge in [-0.1, -0.05) is 0 Å². The average Bonchev–Trinajstić information content (AvgIpc) is 2.64. The van der Waals surface area contributed by atoms with Gasteiger partial charge in [0.1, 0.15) is 6.33 Å². The van der Waals surface area contributed by atoms with Crippen LogP contribution in [0.1, 0.15) is 23.2 Å². The predicted molar refractivity (Wildman–Crippen MR) is 56.2 cm³/mol. The van der Waals surface area contributed by atoms with Gasteiger partial charge in [-0.25, -0.2) is 4.52 Å². The van der Waals surface area contributed by atoms with Gasteiger partial charge >= 0.3 is 5.97 Å². The lowest BCUT2D eigenvalue weighted by molar-refractivity contribution is -0.136. The van der Waals surface area contributed by atoms with Crippen LogP contribution in [0.2, 0.25) is 0 Å². The summed E-state index contributed by atoms with van der Waals surface area (Å²) in [6.45, 7) is 3.78. The van der Waals surface area contributed by atoms with Gasteiger partial charge in [-0.2, -0.15) is 5.10 Å². The normalized spacial score (nSPS) is 10.9. The number of aliphatic carboxylic acids is 1. The van der Waals surface area contributed by atoms with Crippen LogP contribution in [0, 0.1) is 13.8 Å². The van der Waals surface area contributed by atoms with Gasteiger partial charge in [0.25, 0.3) is 0 Å². The summed E-state index contributed by atoms with van der Waals surface area (Å²) < 4.78 is 1.61. The van der Waals surface area contributed by atoms with Crippen LogP contribution in [0.3, 0.4) is 0 Å². The molecule has 0 unspecified atom stereocenters. The van der Waals surface area contributed by atoms with E-state index in [-0.39, 0.29) is 6.42 Å². The van der Waals surface area contributed by atoms with Crippen molar-refractivity contribution >= 4 is 11.6 Å². The molecule has 2 aromatic heterocycles. The van der Waals surface area contributed by atoms with Crippen molar-refractivity contribution < 1.29 is 9.90 Å². The van der Waals surface area contributed by atoms with E-state index in [4.69, 9.17) is 5.11 Å². The smallest absolute Gasteiger partial charge is 0.303 e. The van der Waals surface area contributed by atoms with Gasteiger partial charge < -0.3 is 5.11 Å². The third kappa shape index (κ3) is 1.73. The molecule has 0 fully saturated rings. The molecule has 0 aliphatic carbocycles. The summed E-state index contributed by atoms with van der Waals surface area (Å²) >= 11 is 0. The highest BCUT2D eigenvalue weighted by Gasteiger charge is 2.11. The molecule has 0 saturated heterocycles. The fraction of sp³-hybridized carbons (Fsp3) is 0.400. The number of aryl methyl sites for hydroxylation is 2. The van der Waals surface area contributed by atoms with E-state index >= 15 is 0 Å². The number of carboxylic acids is 1. The zero-order valence-corrected chi connectivity index (χ0v) is 9.14. The molecule has 84 valence electrons. The molecule has 16 heavy (non-hydrogen) atoms. The van der Waals surface area contributed by atoms with Crippen molar-refractivity contribution in [2.45, 2.75) is 26.7 Å². The molecular formula is C10H12N4O2. The van der Waals surface area contributed by atoms with E-state index in [2.05, 4.69) is 15.3 Å². The highest BCUT2D eigenvalue weighted by molar-refractivity contribution is 5.67. The van der Waals surface area contributed by atoms with Gasteiger partial charge in [-0.05, 0) is 25.8 Å². The highest BCUT2D eigenvalue weighted by atomic mass is 16.4. The zero-order valence-electron chi connectivity index (χ0n) is 9.14. The maximum atomic E-state index is 10.6. The van der Waals surface area contributed by atoms with Crippen LogP contribution >= 0.6 is 0 Å². The molecule has 0 spiro atoms. The Bertz CT molecular complexity index is 547. The lowest BCUT2D eigenvalue weighted by Crippen LogP contribution is -2.06. The Morgan fingerprint density at radius 2 is 2.25 bits per heavy atom. The molecule has 0 aliphatic heterocycles. The van der Waals surface area contributed by atoms with E-state index < -0.39 is 5.97 Å². The first-order valence-electron chi connectivity index (χ1n) is 4.97. The Balaban J connectivity index is 2.46. The lowest BCUT2D eigenvalue weighted by Gasteiger charge is -2.08. The molecule has 0 bridgehead atoms. The quantitative estimate of drug-likeness (QED) is 0.825. The molecule has 0 atom stereocenters. The Labute approximate surface area is 91.9 Å². The van der Waals surface area contributed by atoms with Crippen LogP contribution in [0.5, 0.6) is 0 Å². The van der Waals surface area contributed by atoms with Crippen molar-refractivity contribution in [1.82, 2.24) is 19.8 Å². The van der Waals surface area contributed by atoms with Crippen LogP contribution in [-0.4, -0.2) is 30.9 Å². The van der Waals surface area contributed by atoms with E-state index in [9.17, 15) is 4.79 Å². The molecule has 2 rings (SSSR count). The van der Waals surface area contributed by atoms with E-state index in [0.29, 0.717) is 12.1 Å². The number of rotatable bonds is 3. The van der Waals surface area contributed by atoms with Crippen LogP contribution < -0.4 is 0 Å². The van der Waals surface area contributed by atoms with Gasteiger partial charge in [0.2, 0.25) is 0 Å². The average molecular weight is 220 g/mol. The summed E-state index contributed by atoms with van der Waals surface area (Å²) in [6.07, 6.45) is 2.12. The third-order valence-corrected chi connectivity index (χ3v) is 2.60. The SMILES string of the molecule is Cc1nn2cnnc2c(C)c1CCC(=O)O. The summed E-state index contributed by atoms with van der Waals surface area (Å²) in [5.74, 6) is -0.805. The molecule has 0 radical (unpaired) electrons. The second kappa shape index (κ2) is 3.88. The molecule has 6 nitrogen and oxygen atoms in total. The Kier molecular flexibility index (Phi) is 2.55. The minimum Gasteiger partial charge on any atom is -0.481 e. The molecule has 6 heteroatoms. The van der Waals surface area contributed by atoms with Crippen molar-refractivity contribution in [3.05, 3.63) is 23.1 Å². The van der Waals surface area contributed by atoms with E-state index in [1.165, 1.54) is 6.33 Å². The van der Waals surface area contributed by atoms with Crippen LogP contribution in [0.15, 0.2) is 6.33 Å². The summed E-state index contributed by atoms with van der Waals surface area (Å²) in [7, 11) is 0. The van der Waals surface area contributed by atoms with Crippen LogP contribution in [0.4, 0.5) is 0 Å². The fourth-order valence-corrected chi connectivity index (χ4v) is 1.78. The van der Waals surface area contributed by atoms with Crippen molar-refractivity contribution in [3.63, 3.8) is 0 Å². The van der Waals surface area contributed by atoms with Crippen molar-refractivity contribution in [1.29, 1.82) is 0 Å². The second-order valence-electron chi connectivity index (χ2n) is 3.68. The second-order valence-corrected chi connectivity index (χ2v) is 3.68. The number of aromatic nitrogens is 4. The fourth-order valence-electron chi connectivity index (χ4n) is 1.78. The lowest BCUT2D eigenvalue weighted by atomic mass is 10.0. The first kappa shape index (κ1) is 10.5. The maximum absolute atomic E-state index is 10.6. The van der Waals surface area contributed by atoms with Crippen molar-refractivity contribution in [3.8, 4) is 0 Å². The first-order valence-corrected chi connectivity index (χ1v) is 4.97. The van der Waals surface area contributed by atoms with Gasteiger partial charge in [-0.3, -0.25) is 4.79 Å². The van der Waals surface area contributed by atoms with Crippen molar-refractivity contribution in [2.75, 3.05) is 0 Å². The standard InChI is InChI=1S/C10H12N4O2/c1-6-8(3-4-9(15)16)7(2)13-14-5-11-12-10(6)14/h5H,3-4H2,1-2H3,(H,15,16). The number of carboxylic acid groups (broad SMARTS) is 1. The Hall–Kier alpha value is -1.98. The number of fused-ring (bicyclic) bond motifs is 1. The third-order valence-electron chi connectivity index (χ3n) is 2.60. The van der Waals surface area contributed by atoms with E-state index in [0.717, 1.165) is 16.8 Å². The van der Waals surface area contributed by atoms with Gasteiger partial charge in [0, 0.05) is 12.0 Å². The predicted octanol–water partition coefficient (Wildman–Crippen LogP) is 0.758. The molecule has 0 aliphatic rings. The number of carbonyl (C=O) groups is 1. The molecule has 1 N–H and O–H groups in total. The highest BCUT2D eigenvalue weighted by Crippen LogP contribution is 2.16. The molecule has 0 amide bonds. The Morgan fingerprint density at radius 3 is 2.94 bits per heavy atom. The molecule has 2 aromatic rings. The minimum absolute atomic E-state index is 0.105.